The fraction of sp³-hybridized carbons (Fsp3) is 0.160. The molecule has 5 heteroatoms. The molecular weight excluding hydrogens is 688 g/mol. The predicted octanol–water partition coefficient (Wildman–Crippen LogP) is 13.7. The van der Waals surface area contributed by atoms with E-state index in [-0.39, 0.29) is 10.8 Å². The maximum absolute atomic E-state index is 6.55. The highest BCUT2D eigenvalue weighted by Gasteiger charge is 2.41. The van der Waals surface area contributed by atoms with Gasteiger partial charge < -0.3 is 20.4 Å². The molecule has 0 amide bonds. The van der Waals surface area contributed by atoms with E-state index < -0.39 is 0 Å². The van der Waals surface area contributed by atoms with Gasteiger partial charge in [0.05, 0.1) is 39.8 Å². The molecule has 0 radical (unpaired) electrons. The summed E-state index contributed by atoms with van der Waals surface area (Å²) in [5.74, 6) is 0. The Labute approximate surface area is 328 Å². The Bertz CT molecular complexity index is 2420. The molecule has 2 N–H and O–H groups in total. The molecule has 0 aliphatic carbocycles. The van der Waals surface area contributed by atoms with Gasteiger partial charge in [-0.2, -0.15) is 0 Å². The van der Waals surface area contributed by atoms with Crippen LogP contribution < -0.4 is 25.7 Å². The summed E-state index contributed by atoms with van der Waals surface area (Å²) in [7, 11) is 2.90. The molecule has 7 aromatic rings. The van der Waals surface area contributed by atoms with Crippen molar-refractivity contribution in [3.05, 3.63) is 163 Å². The molecule has 0 aromatic heterocycles. The van der Waals surface area contributed by atoms with Gasteiger partial charge in [0.2, 0.25) is 0 Å². The Balaban J connectivity index is 1.45. The largest absolute Gasteiger partial charge is 0.399 e. The SMILES string of the molecule is CC(C)(C)c1cc2c(cc1-c1ccccc1)N1c3cc(-c4ccccc4)c(C(C)(C)C)cc3N(c3cccc(P)c3)c3cccc(c31)N2c1cccc(N)c1. The molecule has 55 heavy (non-hydrogen) atoms. The number of nitrogens with two attached hydrogens (primary N) is 1. The average molecular weight is 735 g/mol. The van der Waals surface area contributed by atoms with Crippen LogP contribution in [0.15, 0.2) is 152 Å². The molecule has 9 rings (SSSR count). The lowest BCUT2D eigenvalue weighted by Gasteiger charge is -2.48. The van der Waals surface area contributed by atoms with Crippen molar-refractivity contribution in [3.63, 3.8) is 0 Å². The third-order valence-corrected chi connectivity index (χ3v) is 11.3. The molecule has 2 heterocycles. The van der Waals surface area contributed by atoms with Crippen molar-refractivity contribution in [1.29, 1.82) is 0 Å². The van der Waals surface area contributed by atoms with Crippen LogP contribution in [-0.2, 0) is 10.8 Å². The van der Waals surface area contributed by atoms with Crippen molar-refractivity contribution in [3.8, 4) is 22.3 Å². The number of hydrogen-bond acceptors (Lipinski definition) is 4. The van der Waals surface area contributed by atoms with Gasteiger partial charge in [-0.15, -0.1) is 9.24 Å². The summed E-state index contributed by atoms with van der Waals surface area (Å²) >= 11 is 0. The second kappa shape index (κ2) is 12.9. The number of fused-ring (bicyclic) bond motifs is 4. The second-order valence-corrected chi connectivity index (χ2v) is 17.5. The van der Waals surface area contributed by atoms with E-state index in [0.29, 0.717) is 0 Å². The Morgan fingerprint density at radius 1 is 0.418 bits per heavy atom. The number of hydrogen-bond donors (Lipinski definition) is 1. The molecule has 4 nitrogen and oxygen atoms in total. The second-order valence-electron chi connectivity index (χ2n) is 16.8. The summed E-state index contributed by atoms with van der Waals surface area (Å²) in [6.07, 6.45) is 0. The number of para-hydroxylation sites is 1. The zero-order valence-electron chi connectivity index (χ0n) is 32.4. The lowest BCUT2D eigenvalue weighted by Crippen LogP contribution is -2.31. The van der Waals surface area contributed by atoms with Crippen molar-refractivity contribution in [2.75, 3.05) is 20.4 Å². The number of rotatable bonds is 4. The highest BCUT2D eigenvalue weighted by atomic mass is 31.0. The van der Waals surface area contributed by atoms with E-state index in [9.17, 15) is 0 Å². The van der Waals surface area contributed by atoms with Crippen LogP contribution in [0.5, 0.6) is 0 Å². The molecule has 1 atom stereocenters. The molecule has 2 aliphatic rings. The van der Waals surface area contributed by atoms with E-state index in [0.717, 1.165) is 62.2 Å². The molecule has 1 unspecified atom stereocenters. The van der Waals surface area contributed by atoms with Gasteiger partial charge >= 0.3 is 0 Å². The smallest absolute Gasteiger partial charge is 0.0947 e. The number of benzene rings is 7. The van der Waals surface area contributed by atoms with E-state index in [1.807, 2.05) is 6.07 Å². The van der Waals surface area contributed by atoms with Gasteiger partial charge in [-0.3, -0.25) is 0 Å². The maximum Gasteiger partial charge on any atom is 0.0947 e. The van der Waals surface area contributed by atoms with Gasteiger partial charge in [0.25, 0.3) is 0 Å². The van der Waals surface area contributed by atoms with Crippen molar-refractivity contribution in [1.82, 2.24) is 0 Å². The summed E-state index contributed by atoms with van der Waals surface area (Å²) in [5, 5.41) is 1.14. The standard InChI is InChI=1S/C50H47N4P/c1-49(2,3)40-30-46-44(28-38(40)32-16-9-7-10-17-32)54-45-29-39(33-18-11-8-12-19-33)41(50(4,5)6)31-47(45)53(36-22-14-23-37(55)27-36)43-25-15-24-42(48(43)54)52(46)35-21-13-20-34(51)26-35/h7-31H,51,55H2,1-6H3. The van der Waals surface area contributed by atoms with Crippen LogP contribution >= 0.6 is 9.24 Å². The molecule has 2 aliphatic heterocycles. The van der Waals surface area contributed by atoms with Crippen LogP contribution in [0.3, 0.4) is 0 Å². The molecule has 0 spiro atoms. The van der Waals surface area contributed by atoms with Crippen molar-refractivity contribution < 1.29 is 0 Å². The first kappa shape index (κ1) is 34.9. The number of nitrogen functional groups attached to an aromatic ring is 1. The Morgan fingerprint density at radius 3 is 1.31 bits per heavy atom. The minimum Gasteiger partial charge on any atom is -0.399 e. The first-order valence-electron chi connectivity index (χ1n) is 19.1. The third-order valence-electron chi connectivity index (χ3n) is 10.9. The first-order chi connectivity index (χ1) is 26.4. The number of anilines is 10. The minimum absolute atomic E-state index is 0.123. The van der Waals surface area contributed by atoms with E-state index in [2.05, 4.69) is 211 Å². The fourth-order valence-corrected chi connectivity index (χ4v) is 8.73. The van der Waals surface area contributed by atoms with Gasteiger partial charge in [0, 0.05) is 17.1 Å². The topological polar surface area (TPSA) is 35.7 Å². The Kier molecular flexibility index (Phi) is 8.18. The lowest BCUT2D eigenvalue weighted by molar-refractivity contribution is 0.592. The molecule has 0 saturated carbocycles. The predicted molar refractivity (Wildman–Crippen MR) is 240 cm³/mol. The molecule has 272 valence electrons. The molecule has 7 aromatic carbocycles. The first-order valence-corrected chi connectivity index (χ1v) is 19.7. The van der Waals surface area contributed by atoms with Gasteiger partial charge in [0.1, 0.15) is 0 Å². The molecule has 0 fully saturated rings. The van der Waals surface area contributed by atoms with E-state index in [1.54, 1.807) is 0 Å². The van der Waals surface area contributed by atoms with E-state index in [1.165, 1.54) is 33.4 Å². The summed E-state index contributed by atoms with van der Waals surface area (Å²) < 4.78 is 0. The van der Waals surface area contributed by atoms with Crippen LogP contribution in [0.2, 0.25) is 0 Å². The van der Waals surface area contributed by atoms with Crippen LogP contribution in [0, 0.1) is 0 Å². The summed E-state index contributed by atoms with van der Waals surface area (Å²) in [4.78, 5) is 7.42. The van der Waals surface area contributed by atoms with Crippen LogP contribution in [0.25, 0.3) is 22.3 Å². The van der Waals surface area contributed by atoms with E-state index >= 15 is 0 Å². The number of nitrogens with zero attached hydrogens (tertiary/aromatic N) is 3. The van der Waals surface area contributed by atoms with Crippen molar-refractivity contribution >= 4 is 71.4 Å². The maximum atomic E-state index is 6.55. The fourth-order valence-electron chi connectivity index (χ4n) is 8.45. The third kappa shape index (κ3) is 5.88. The van der Waals surface area contributed by atoms with Gasteiger partial charge in [-0.25, -0.2) is 0 Å². The quantitative estimate of drug-likeness (QED) is 0.144. The average Bonchev–Trinajstić information content (AvgIpc) is 3.17. The van der Waals surface area contributed by atoms with Crippen LogP contribution in [0.1, 0.15) is 52.7 Å². The monoisotopic (exact) mass is 734 g/mol. The Morgan fingerprint density at radius 2 is 0.855 bits per heavy atom. The van der Waals surface area contributed by atoms with Gasteiger partial charge in [0.15, 0.2) is 0 Å². The highest BCUT2D eigenvalue weighted by molar-refractivity contribution is 7.27. The van der Waals surface area contributed by atoms with Crippen molar-refractivity contribution in [2.45, 2.75) is 52.4 Å². The lowest BCUT2D eigenvalue weighted by atomic mass is 9.79. The van der Waals surface area contributed by atoms with Gasteiger partial charge in [-0.05, 0) is 116 Å². The normalized spacial score (nSPS) is 13.3. The highest BCUT2D eigenvalue weighted by Crippen LogP contribution is 2.65. The summed E-state index contributed by atoms with van der Waals surface area (Å²) in [6, 6.07) is 55.3. The van der Waals surface area contributed by atoms with Crippen LogP contribution in [0.4, 0.5) is 56.9 Å². The minimum atomic E-state index is -0.133. The van der Waals surface area contributed by atoms with E-state index in [4.69, 9.17) is 5.73 Å². The Hall–Kier alpha value is -5.83. The molecule has 0 bridgehead atoms. The zero-order valence-corrected chi connectivity index (χ0v) is 33.6. The zero-order chi connectivity index (χ0) is 38.2. The summed E-state index contributed by atoms with van der Waals surface area (Å²) in [5.41, 5.74) is 24.5. The molecular formula is C50H47N4P. The van der Waals surface area contributed by atoms with Gasteiger partial charge in [-0.1, -0.05) is 126 Å². The molecule has 0 saturated heterocycles. The van der Waals surface area contributed by atoms with Crippen molar-refractivity contribution in [2.24, 2.45) is 0 Å². The summed E-state index contributed by atoms with van der Waals surface area (Å²) in [6.45, 7) is 13.9. The van der Waals surface area contributed by atoms with Crippen LogP contribution in [-0.4, -0.2) is 0 Å².